The van der Waals surface area contributed by atoms with E-state index in [4.69, 9.17) is 0 Å². The Balaban J connectivity index is 0.00000225. The highest BCUT2D eigenvalue weighted by Crippen LogP contribution is 2.12. The molecule has 0 unspecified atom stereocenters. The number of likely N-dealkylation sites (tertiary alicyclic amines) is 1. The van der Waals surface area contributed by atoms with Gasteiger partial charge in [0, 0.05) is 37.0 Å². The van der Waals surface area contributed by atoms with E-state index >= 15 is 0 Å². The number of guanidine groups is 1. The molecule has 0 spiro atoms. The van der Waals surface area contributed by atoms with E-state index in [9.17, 15) is 0 Å². The Morgan fingerprint density at radius 2 is 2.00 bits per heavy atom. The van der Waals surface area contributed by atoms with Gasteiger partial charge in [-0.2, -0.15) is 0 Å². The van der Waals surface area contributed by atoms with Crippen molar-refractivity contribution < 1.29 is 0 Å². The van der Waals surface area contributed by atoms with E-state index in [1.165, 1.54) is 32.4 Å². The second-order valence-electron chi connectivity index (χ2n) is 6.10. The molecule has 2 N–H and O–H groups in total. The van der Waals surface area contributed by atoms with Gasteiger partial charge in [0.05, 0.1) is 12.2 Å². The number of aliphatic imine (C=N–C) groups is 1. The summed E-state index contributed by atoms with van der Waals surface area (Å²) in [5.41, 5.74) is 1.94. The van der Waals surface area contributed by atoms with E-state index in [1.54, 1.807) is 7.05 Å². The monoisotopic (exact) mass is 520 g/mol. The molecule has 0 radical (unpaired) electrons. The molecule has 25 heavy (non-hydrogen) atoms. The third kappa shape index (κ3) is 6.10. The van der Waals surface area contributed by atoms with Crippen LogP contribution in [0.25, 0.3) is 5.65 Å². The molecule has 2 aromatic heterocycles. The summed E-state index contributed by atoms with van der Waals surface area (Å²) in [6, 6.07) is 4.00. The maximum absolute atomic E-state index is 4.60. The quantitative estimate of drug-likeness (QED) is 0.361. The molecule has 1 saturated heterocycles. The molecule has 6 nitrogen and oxygen atoms in total. The summed E-state index contributed by atoms with van der Waals surface area (Å²) in [5.74, 6) is 0.824. The lowest BCUT2D eigenvalue weighted by Crippen LogP contribution is -2.42. The fraction of sp³-hybridized carbons (Fsp3) is 0.529. The van der Waals surface area contributed by atoms with Crippen LogP contribution in [0.4, 0.5) is 0 Å². The van der Waals surface area contributed by atoms with Gasteiger partial charge in [-0.3, -0.25) is 4.99 Å². The molecule has 0 bridgehead atoms. The number of aromatic nitrogens is 2. The third-order valence-corrected chi connectivity index (χ3v) is 4.76. The van der Waals surface area contributed by atoms with Crippen molar-refractivity contribution >= 4 is 51.5 Å². The summed E-state index contributed by atoms with van der Waals surface area (Å²) in [6.45, 7) is 5.10. The molecule has 3 rings (SSSR count). The van der Waals surface area contributed by atoms with Gasteiger partial charge in [-0.05, 0) is 54.0 Å². The van der Waals surface area contributed by atoms with Crippen molar-refractivity contribution in [1.82, 2.24) is 24.9 Å². The fourth-order valence-corrected chi connectivity index (χ4v) is 3.37. The standard InChI is InChI=1S/C17H25BrN6.HI/c1-19-17(20-7-10-23-8-3-2-4-9-23)21-11-15-13-24-12-14(18)5-6-16(24)22-15;/h5-6,12-13H,2-4,7-11H2,1H3,(H2,19,20,21);1H. The van der Waals surface area contributed by atoms with Gasteiger partial charge in [-0.25, -0.2) is 4.98 Å². The maximum atomic E-state index is 4.60. The number of nitrogens with one attached hydrogen (secondary N) is 2. The van der Waals surface area contributed by atoms with Crippen molar-refractivity contribution in [3.8, 4) is 0 Å². The highest BCUT2D eigenvalue weighted by Gasteiger charge is 2.09. The van der Waals surface area contributed by atoms with Crippen molar-refractivity contribution in [1.29, 1.82) is 0 Å². The van der Waals surface area contributed by atoms with Gasteiger partial charge in [-0.1, -0.05) is 6.42 Å². The van der Waals surface area contributed by atoms with Gasteiger partial charge in [0.15, 0.2) is 5.96 Å². The number of fused-ring (bicyclic) bond motifs is 1. The van der Waals surface area contributed by atoms with Crippen LogP contribution < -0.4 is 10.6 Å². The third-order valence-electron chi connectivity index (χ3n) is 4.29. The average molecular weight is 521 g/mol. The first-order valence-electron chi connectivity index (χ1n) is 8.54. The summed E-state index contributed by atoms with van der Waals surface area (Å²) < 4.78 is 3.07. The zero-order chi connectivity index (χ0) is 16.8. The van der Waals surface area contributed by atoms with Gasteiger partial charge >= 0.3 is 0 Å². The predicted octanol–water partition coefficient (Wildman–Crippen LogP) is 2.87. The minimum atomic E-state index is 0. The lowest BCUT2D eigenvalue weighted by molar-refractivity contribution is 0.232. The highest BCUT2D eigenvalue weighted by atomic mass is 127. The molecule has 1 aliphatic rings. The molecule has 2 aromatic rings. The molecular formula is C17H26BrIN6. The highest BCUT2D eigenvalue weighted by molar-refractivity contribution is 14.0. The number of halogens is 2. The Hall–Kier alpha value is -0.870. The van der Waals surface area contributed by atoms with E-state index in [0.29, 0.717) is 6.54 Å². The minimum Gasteiger partial charge on any atom is -0.355 e. The van der Waals surface area contributed by atoms with Crippen LogP contribution in [0.1, 0.15) is 25.0 Å². The Kier molecular flexibility index (Phi) is 8.44. The molecule has 1 fully saturated rings. The molecule has 0 atom stereocenters. The molecule has 0 amide bonds. The summed E-state index contributed by atoms with van der Waals surface area (Å²) >= 11 is 3.48. The normalized spacial score (nSPS) is 15.8. The SMILES string of the molecule is CN=C(NCCN1CCCCC1)NCc1cn2cc(Br)ccc2n1.I. The van der Waals surface area contributed by atoms with Gasteiger partial charge in [0.25, 0.3) is 0 Å². The van der Waals surface area contributed by atoms with Crippen molar-refractivity contribution in [3.05, 3.63) is 34.7 Å². The second-order valence-corrected chi connectivity index (χ2v) is 7.02. The molecule has 8 heteroatoms. The molecule has 3 heterocycles. The van der Waals surface area contributed by atoms with Gasteiger partial charge < -0.3 is 19.9 Å². The lowest BCUT2D eigenvalue weighted by Gasteiger charge is -2.26. The number of hydrogen-bond donors (Lipinski definition) is 2. The maximum Gasteiger partial charge on any atom is 0.191 e. The number of hydrogen-bond acceptors (Lipinski definition) is 3. The first-order valence-corrected chi connectivity index (χ1v) is 9.34. The summed E-state index contributed by atoms with van der Waals surface area (Å²) in [7, 11) is 1.80. The Morgan fingerprint density at radius 1 is 1.20 bits per heavy atom. The Bertz CT molecular complexity index is 696. The van der Waals surface area contributed by atoms with Crippen LogP contribution in [0.15, 0.2) is 34.0 Å². The fourth-order valence-electron chi connectivity index (χ4n) is 3.01. The second kappa shape index (κ2) is 10.3. The van der Waals surface area contributed by atoms with E-state index in [1.807, 2.05) is 28.9 Å². The van der Waals surface area contributed by atoms with E-state index in [2.05, 4.69) is 41.4 Å². The van der Waals surface area contributed by atoms with Crippen LogP contribution in [0.3, 0.4) is 0 Å². The number of pyridine rings is 1. The topological polar surface area (TPSA) is 57.0 Å². The van der Waals surface area contributed by atoms with E-state index in [0.717, 1.165) is 34.9 Å². The van der Waals surface area contributed by atoms with Crippen LogP contribution in [0.5, 0.6) is 0 Å². The Labute approximate surface area is 174 Å². The van der Waals surface area contributed by atoms with Crippen LogP contribution in [-0.2, 0) is 6.54 Å². The van der Waals surface area contributed by atoms with Gasteiger partial charge in [0.1, 0.15) is 5.65 Å². The first kappa shape index (κ1) is 20.4. The summed E-state index contributed by atoms with van der Waals surface area (Å²) in [5, 5.41) is 6.72. The zero-order valence-corrected chi connectivity index (χ0v) is 18.5. The molecule has 0 aliphatic carbocycles. The molecular weight excluding hydrogens is 495 g/mol. The molecule has 0 aromatic carbocycles. The number of rotatable bonds is 5. The first-order chi connectivity index (χ1) is 11.7. The van der Waals surface area contributed by atoms with Crippen molar-refractivity contribution in [2.75, 3.05) is 33.2 Å². The van der Waals surface area contributed by atoms with Crippen LogP contribution >= 0.6 is 39.9 Å². The van der Waals surface area contributed by atoms with Crippen molar-refractivity contribution in [2.24, 2.45) is 4.99 Å². The summed E-state index contributed by atoms with van der Waals surface area (Å²) in [6.07, 6.45) is 8.09. The molecule has 138 valence electrons. The van der Waals surface area contributed by atoms with Crippen molar-refractivity contribution in [3.63, 3.8) is 0 Å². The molecule has 0 saturated carbocycles. The predicted molar refractivity (Wildman–Crippen MR) is 117 cm³/mol. The van der Waals surface area contributed by atoms with Crippen molar-refractivity contribution in [2.45, 2.75) is 25.8 Å². The number of nitrogens with zero attached hydrogens (tertiary/aromatic N) is 4. The Morgan fingerprint density at radius 3 is 2.76 bits per heavy atom. The summed E-state index contributed by atoms with van der Waals surface area (Å²) in [4.78, 5) is 11.4. The average Bonchev–Trinajstić information content (AvgIpc) is 3.00. The van der Waals surface area contributed by atoms with Gasteiger partial charge in [-0.15, -0.1) is 24.0 Å². The number of piperidine rings is 1. The zero-order valence-electron chi connectivity index (χ0n) is 14.5. The van der Waals surface area contributed by atoms with E-state index < -0.39 is 0 Å². The largest absolute Gasteiger partial charge is 0.355 e. The minimum absolute atomic E-state index is 0. The lowest BCUT2D eigenvalue weighted by atomic mass is 10.1. The van der Waals surface area contributed by atoms with Gasteiger partial charge in [0.2, 0.25) is 0 Å². The van der Waals surface area contributed by atoms with Crippen LogP contribution in [-0.4, -0.2) is 53.5 Å². The van der Waals surface area contributed by atoms with Crippen LogP contribution in [0, 0.1) is 0 Å². The number of imidazole rings is 1. The smallest absolute Gasteiger partial charge is 0.191 e. The molecule has 1 aliphatic heterocycles. The van der Waals surface area contributed by atoms with E-state index in [-0.39, 0.29) is 24.0 Å². The van der Waals surface area contributed by atoms with Crippen LogP contribution in [0.2, 0.25) is 0 Å².